The second-order valence-corrected chi connectivity index (χ2v) is 7.40. The second-order valence-electron chi connectivity index (χ2n) is 6.17. The molecule has 2 rings (SSSR count). The zero-order chi connectivity index (χ0) is 15.8. The molecule has 6 heteroatoms. The van der Waals surface area contributed by atoms with E-state index in [1.807, 2.05) is 45.9 Å². The molecule has 3 nitrogen and oxygen atoms in total. The zero-order valence-electron chi connectivity index (χ0n) is 12.7. The van der Waals surface area contributed by atoms with Gasteiger partial charge in [-0.05, 0) is 45.3 Å². The van der Waals surface area contributed by atoms with Crippen molar-refractivity contribution in [1.29, 1.82) is 0 Å². The normalized spacial score (nSPS) is 20.9. The first-order valence-corrected chi connectivity index (χ1v) is 8.24. The predicted octanol–water partition coefficient (Wildman–Crippen LogP) is 4.10. The summed E-state index contributed by atoms with van der Waals surface area (Å²) in [5, 5.41) is 10.0. The zero-order valence-corrected chi connectivity index (χ0v) is 15.2. The lowest BCUT2D eigenvalue weighted by Crippen LogP contribution is -2.41. The van der Waals surface area contributed by atoms with E-state index in [1.54, 1.807) is 6.07 Å². The van der Waals surface area contributed by atoms with Gasteiger partial charge in [0.05, 0.1) is 11.2 Å². The first-order valence-electron chi connectivity index (χ1n) is 6.82. The van der Waals surface area contributed by atoms with Gasteiger partial charge in [0, 0.05) is 15.8 Å². The van der Waals surface area contributed by atoms with Gasteiger partial charge in [-0.2, -0.15) is 12.6 Å². The predicted molar refractivity (Wildman–Crippen MR) is 93.7 cm³/mol. The molecule has 1 saturated heterocycles. The highest BCUT2D eigenvalue weighted by Gasteiger charge is 2.52. The second kappa shape index (κ2) is 5.99. The van der Waals surface area contributed by atoms with Crippen molar-refractivity contribution in [2.24, 2.45) is 0 Å². The fraction of sp³-hybridized carbons (Fsp3) is 0.467. The molecule has 0 aromatic heterocycles. The van der Waals surface area contributed by atoms with Gasteiger partial charge < -0.3 is 14.4 Å². The smallest absolute Gasteiger partial charge is 0.491 e. The van der Waals surface area contributed by atoms with Crippen LogP contribution in [0.25, 0.3) is 6.08 Å². The van der Waals surface area contributed by atoms with Gasteiger partial charge in [0.15, 0.2) is 0 Å². The summed E-state index contributed by atoms with van der Waals surface area (Å²) in [6.07, 6.45) is 1.87. The number of rotatable bonds is 3. The maximum Gasteiger partial charge on any atom is 0.491 e. The highest BCUT2D eigenvalue weighted by atomic mass is 79.9. The Balaban J connectivity index is 2.31. The molecule has 21 heavy (non-hydrogen) atoms. The molecule has 1 aliphatic rings. The molecule has 1 N–H and O–H groups in total. The van der Waals surface area contributed by atoms with Gasteiger partial charge in [0.2, 0.25) is 0 Å². The van der Waals surface area contributed by atoms with Crippen LogP contribution >= 0.6 is 28.6 Å². The van der Waals surface area contributed by atoms with Crippen molar-refractivity contribution in [3.05, 3.63) is 33.7 Å². The van der Waals surface area contributed by atoms with E-state index in [1.165, 1.54) is 0 Å². The number of aromatic hydroxyl groups is 1. The average Bonchev–Trinajstić information content (AvgIpc) is 2.57. The summed E-state index contributed by atoms with van der Waals surface area (Å²) in [5.74, 6) is 0.701. The lowest BCUT2D eigenvalue weighted by atomic mass is 9.78. The number of hydrogen-bond donors (Lipinski definition) is 2. The van der Waals surface area contributed by atoms with Crippen LogP contribution in [0.3, 0.4) is 0 Å². The molecule has 1 fully saturated rings. The molecule has 1 aliphatic heterocycles. The van der Waals surface area contributed by atoms with Gasteiger partial charge in [0.25, 0.3) is 0 Å². The third-order valence-corrected chi connectivity index (χ3v) is 4.93. The SMILES string of the molecule is CC1(C)OB(C(=Cc2ccc(Br)cc2O)CS)OC1(C)C. The fourth-order valence-corrected chi connectivity index (χ4v) is 2.61. The van der Waals surface area contributed by atoms with Crippen LogP contribution in [0.2, 0.25) is 0 Å². The van der Waals surface area contributed by atoms with Crippen LogP contribution < -0.4 is 0 Å². The van der Waals surface area contributed by atoms with E-state index >= 15 is 0 Å². The Bertz CT molecular complexity index is 556. The summed E-state index contributed by atoms with van der Waals surface area (Å²) in [4.78, 5) is 0. The Labute approximate surface area is 140 Å². The molecule has 0 bridgehead atoms. The van der Waals surface area contributed by atoms with Crippen LogP contribution in [0.15, 0.2) is 28.1 Å². The molecule has 0 spiro atoms. The molecule has 0 saturated carbocycles. The van der Waals surface area contributed by atoms with Crippen molar-refractivity contribution >= 4 is 41.8 Å². The molecule has 1 aromatic rings. The standard InChI is InChI=1S/C15H20BBrO3S/c1-14(2)15(3,4)20-16(19-14)11(9-21)7-10-5-6-12(17)8-13(10)18/h5-8,18,21H,9H2,1-4H3. The van der Waals surface area contributed by atoms with Crippen molar-refractivity contribution in [2.75, 3.05) is 5.75 Å². The van der Waals surface area contributed by atoms with Gasteiger partial charge in [-0.25, -0.2) is 0 Å². The summed E-state index contributed by atoms with van der Waals surface area (Å²) in [6, 6.07) is 5.38. The van der Waals surface area contributed by atoms with E-state index < -0.39 is 7.12 Å². The van der Waals surface area contributed by atoms with Gasteiger partial charge in [0.1, 0.15) is 5.75 Å². The maximum atomic E-state index is 10.0. The largest absolute Gasteiger partial charge is 0.507 e. The first kappa shape index (κ1) is 16.9. The maximum absolute atomic E-state index is 10.0. The summed E-state index contributed by atoms with van der Waals surface area (Å²) in [7, 11) is -0.449. The molecular formula is C15H20BBrO3S. The van der Waals surface area contributed by atoms with E-state index in [9.17, 15) is 5.11 Å². The van der Waals surface area contributed by atoms with Gasteiger partial charge in [-0.3, -0.25) is 0 Å². The Kier molecular flexibility index (Phi) is 4.83. The van der Waals surface area contributed by atoms with Crippen LogP contribution in [-0.4, -0.2) is 29.2 Å². The first-order chi connectivity index (χ1) is 9.66. The van der Waals surface area contributed by atoms with Gasteiger partial charge >= 0.3 is 7.12 Å². The molecule has 0 unspecified atom stereocenters. The topological polar surface area (TPSA) is 38.7 Å². The minimum absolute atomic E-state index is 0.208. The number of hydrogen-bond acceptors (Lipinski definition) is 4. The van der Waals surface area contributed by atoms with Crippen molar-refractivity contribution in [3.63, 3.8) is 0 Å². The summed E-state index contributed by atoms with van der Waals surface area (Å²) in [5.41, 5.74) is 0.828. The van der Waals surface area contributed by atoms with Crippen LogP contribution in [0.5, 0.6) is 5.75 Å². The molecule has 0 amide bonds. The highest BCUT2D eigenvalue weighted by Crippen LogP contribution is 2.39. The van der Waals surface area contributed by atoms with Gasteiger partial charge in [-0.15, -0.1) is 0 Å². The van der Waals surface area contributed by atoms with Crippen molar-refractivity contribution in [3.8, 4) is 5.75 Å². The Hall–Kier alpha value is -0.425. The van der Waals surface area contributed by atoms with Gasteiger partial charge in [-0.1, -0.05) is 28.1 Å². The number of benzene rings is 1. The van der Waals surface area contributed by atoms with E-state index in [-0.39, 0.29) is 17.0 Å². The van der Waals surface area contributed by atoms with Crippen molar-refractivity contribution in [2.45, 2.75) is 38.9 Å². The van der Waals surface area contributed by atoms with Crippen molar-refractivity contribution in [1.82, 2.24) is 0 Å². The molecule has 1 aromatic carbocycles. The quantitative estimate of drug-likeness (QED) is 0.621. The molecular weight excluding hydrogens is 351 g/mol. The minimum atomic E-state index is -0.449. The van der Waals surface area contributed by atoms with Crippen molar-refractivity contribution < 1.29 is 14.4 Å². The van der Waals surface area contributed by atoms with Crippen LogP contribution in [0.1, 0.15) is 33.3 Å². The average molecular weight is 371 g/mol. The number of thiol groups is 1. The lowest BCUT2D eigenvalue weighted by Gasteiger charge is -2.32. The number of phenols is 1. The minimum Gasteiger partial charge on any atom is -0.507 e. The lowest BCUT2D eigenvalue weighted by molar-refractivity contribution is 0.00578. The molecule has 0 radical (unpaired) electrons. The molecule has 0 aliphatic carbocycles. The van der Waals surface area contributed by atoms with Crippen LogP contribution in [0.4, 0.5) is 0 Å². The molecule has 0 atom stereocenters. The third-order valence-electron chi connectivity index (χ3n) is 4.07. The Morgan fingerprint density at radius 2 is 1.86 bits per heavy atom. The van der Waals surface area contributed by atoms with E-state index in [2.05, 4.69) is 28.6 Å². The summed E-state index contributed by atoms with van der Waals surface area (Å²) in [6.45, 7) is 8.06. The summed E-state index contributed by atoms with van der Waals surface area (Å²) >= 11 is 7.70. The van der Waals surface area contributed by atoms with Crippen LogP contribution in [0, 0.1) is 0 Å². The Morgan fingerprint density at radius 1 is 1.29 bits per heavy atom. The van der Waals surface area contributed by atoms with E-state index in [4.69, 9.17) is 9.31 Å². The highest BCUT2D eigenvalue weighted by molar-refractivity contribution is 9.10. The van der Waals surface area contributed by atoms with E-state index in [0.29, 0.717) is 5.75 Å². The third kappa shape index (κ3) is 3.50. The van der Waals surface area contributed by atoms with Crippen LogP contribution in [-0.2, 0) is 9.31 Å². The molecule has 114 valence electrons. The number of phenolic OH excluding ortho intramolecular Hbond substituents is 1. The summed E-state index contributed by atoms with van der Waals surface area (Å²) < 4.78 is 12.9. The Morgan fingerprint density at radius 3 is 2.33 bits per heavy atom. The monoisotopic (exact) mass is 370 g/mol. The number of halogens is 1. The van der Waals surface area contributed by atoms with E-state index in [0.717, 1.165) is 15.5 Å². The molecule has 1 heterocycles. The fourth-order valence-electron chi connectivity index (χ4n) is 2.02.